The van der Waals surface area contributed by atoms with E-state index in [0.717, 1.165) is 61.2 Å². The van der Waals surface area contributed by atoms with Gasteiger partial charge in [-0.05, 0) is 57.8 Å². The van der Waals surface area contributed by atoms with E-state index in [1.807, 2.05) is 116 Å². The van der Waals surface area contributed by atoms with Gasteiger partial charge in [0.2, 0.25) is 12.7 Å². The number of hydrogen-bond donors (Lipinski definition) is 0. The predicted octanol–water partition coefficient (Wildman–Crippen LogP) is 2.77. The van der Waals surface area contributed by atoms with E-state index in [2.05, 4.69) is 76.6 Å². The molecule has 0 atom stereocenters. The minimum atomic E-state index is 0. The molecule has 10 rings (SSSR count). The van der Waals surface area contributed by atoms with Crippen LogP contribution in [0.25, 0.3) is 67.1 Å². The Morgan fingerprint density at radius 2 is 1.18 bits per heavy atom. The van der Waals surface area contributed by atoms with Crippen molar-refractivity contribution >= 4 is 43.9 Å². The summed E-state index contributed by atoms with van der Waals surface area (Å²) < 4.78 is 15.2. The van der Waals surface area contributed by atoms with E-state index < -0.39 is 0 Å². The number of benzene rings is 2. The molecular formula is C35H27N13Pt2-4. The van der Waals surface area contributed by atoms with Crippen LogP contribution in [0.1, 0.15) is 0 Å². The van der Waals surface area contributed by atoms with Gasteiger partial charge in [0, 0.05) is 74.0 Å². The van der Waals surface area contributed by atoms with Crippen molar-refractivity contribution in [2.24, 2.45) is 28.2 Å². The van der Waals surface area contributed by atoms with E-state index >= 15 is 0 Å². The van der Waals surface area contributed by atoms with Crippen LogP contribution in [-0.2, 0) is 70.3 Å². The summed E-state index contributed by atoms with van der Waals surface area (Å²) in [6.45, 7) is 0. The average Bonchev–Trinajstić information content (AvgIpc) is 3.92. The van der Waals surface area contributed by atoms with Crippen molar-refractivity contribution in [3.8, 4) is 23.3 Å². The van der Waals surface area contributed by atoms with Crippen molar-refractivity contribution in [1.82, 2.24) is 52.6 Å². The van der Waals surface area contributed by atoms with Crippen LogP contribution in [0.5, 0.6) is 0 Å². The number of aromatic nitrogens is 13. The van der Waals surface area contributed by atoms with Crippen LogP contribution < -0.4 is 19.1 Å². The summed E-state index contributed by atoms with van der Waals surface area (Å²) in [5.41, 5.74) is 5.68. The fourth-order valence-corrected chi connectivity index (χ4v) is 6.22. The van der Waals surface area contributed by atoms with Crippen molar-refractivity contribution < 1.29 is 51.3 Å². The number of hydrogen-bond acceptors (Lipinski definition) is 3. The van der Waals surface area contributed by atoms with Crippen LogP contribution in [0.3, 0.4) is 0 Å². The fraction of sp³-hybridized carbons (Fsp3) is 0.114. The number of rotatable bonds is 4. The first-order chi connectivity index (χ1) is 23.4. The Kier molecular flexibility index (Phi) is 8.57. The number of nitrogens with zero attached hydrogens (tertiary/aromatic N) is 13. The smallest absolute Gasteiger partial charge is 0.243 e. The summed E-state index contributed by atoms with van der Waals surface area (Å²) in [6, 6.07) is 16.5. The summed E-state index contributed by atoms with van der Waals surface area (Å²) in [6.07, 6.45) is 25.6. The second kappa shape index (κ2) is 12.9. The first-order valence-corrected chi connectivity index (χ1v) is 15.2. The van der Waals surface area contributed by atoms with Gasteiger partial charge in [-0.25, -0.2) is 0 Å². The first kappa shape index (κ1) is 33.3. The van der Waals surface area contributed by atoms with Crippen molar-refractivity contribution in [2.45, 2.75) is 0 Å². The fourth-order valence-electron chi connectivity index (χ4n) is 6.22. The third-order valence-electron chi connectivity index (χ3n) is 8.49. The van der Waals surface area contributed by atoms with Gasteiger partial charge in [0.25, 0.3) is 0 Å². The van der Waals surface area contributed by atoms with Gasteiger partial charge >= 0.3 is 0 Å². The Bertz CT molecular complexity index is 2570. The zero-order valence-electron chi connectivity index (χ0n) is 27.1. The molecule has 0 saturated carbocycles. The summed E-state index contributed by atoms with van der Waals surface area (Å²) in [5, 5.41) is 8.46. The quantitative estimate of drug-likeness (QED) is 0.200. The predicted molar refractivity (Wildman–Crippen MR) is 176 cm³/mol. The van der Waals surface area contributed by atoms with Gasteiger partial charge in [-0.1, -0.05) is 78.4 Å². The van der Waals surface area contributed by atoms with Crippen LogP contribution in [0.2, 0.25) is 0 Å². The summed E-state index contributed by atoms with van der Waals surface area (Å²) in [5.74, 6) is 1.49. The molecule has 0 fully saturated rings. The van der Waals surface area contributed by atoms with E-state index in [4.69, 9.17) is 9.97 Å². The van der Waals surface area contributed by atoms with E-state index in [-0.39, 0.29) is 42.1 Å². The molecule has 0 bridgehead atoms. The average molecular weight is 1020 g/mol. The van der Waals surface area contributed by atoms with Crippen molar-refractivity contribution in [1.29, 1.82) is 0 Å². The summed E-state index contributed by atoms with van der Waals surface area (Å²) >= 11 is 0. The van der Waals surface area contributed by atoms with Crippen LogP contribution >= 0.6 is 0 Å². The van der Waals surface area contributed by atoms with Crippen LogP contribution in [0.15, 0.2) is 91.9 Å². The monoisotopic (exact) mass is 1020 g/mol. The summed E-state index contributed by atoms with van der Waals surface area (Å²) in [7, 11) is 7.70. The molecule has 8 heterocycles. The second-order valence-corrected chi connectivity index (χ2v) is 11.6. The first-order valence-electron chi connectivity index (χ1n) is 15.2. The summed E-state index contributed by atoms with van der Waals surface area (Å²) in [4.78, 5) is 18.3. The third-order valence-corrected chi connectivity index (χ3v) is 8.49. The van der Waals surface area contributed by atoms with Gasteiger partial charge in [-0.2, -0.15) is 0 Å². The normalized spacial score (nSPS) is 11.3. The van der Waals surface area contributed by atoms with Gasteiger partial charge in [0.05, 0.1) is 25.5 Å². The molecule has 0 aliphatic rings. The van der Waals surface area contributed by atoms with Crippen molar-refractivity contribution in [3.05, 3.63) is 117 Å². The third kappa shape index (κ3) is 5.28. The topological polar surface area (TPSA) is 104 Å². The molecule has 256 valence electrons. The molecule has 13 nitrogen and oxygen atoms in total. The van der Waals surface area contributed by atoms with Gasteiger partial charge in [-0.3, -0.25) is 5.10 Å². The van der Waals surface area contributed by atoms with Crippen LogP contribution in [0, 0.1) is 25.2 Å². The van der Waals surface area contributed by atoms with Gasteiger partial charge in [0.1, 0.15) is 0 Å². The molecule has 0 N–H and O–H groups in total. The van der Waals surface area contributed by atoms with Gasteiger partial charge < -0.3 is 56.6 Å². The molecule has 8 aromatic heterocycles. The molecule has 0 unspecified atom stereocenters. The van der Waals surface area contributed by atoms with Crippen LogP contribution in [-0.4, -0.2) is 42.6 Å². The molecule has 0 amide bonds. The Hall–Kier alpha value is -5.25. The van der Waals surface area contributed by atoms with E-state index in [0.29, 0.717) is 5.95 Å². The number of aryl methyl sites for hydroxylation is 4. The van der Waals surface area contributed by atoms with Crippen molar-refractivity contribution in [2.75, 3.05) is 0 Å². The Morgan fingerprint density at radius 3 is 1.62 bits per heavy atom. The Balaban J connectivity index is 0.000000151. The van der Waals surface area contributed by atoms with Gasteiger partial charge in [0.15, 0.2) is 0 Å². The molecule has 0 aliphatic carbocycles. The number of para-hydroxylation sites is 2. The molecule has 0 aliphatic heterocycles. The second-order valence-electron chi connectivity index (χ2n) is 11.6. The molecular weight excluding hydrogens is 993 g/mol. The molecule has 0 saturated heterocycles. The maximum absolute atomic E-state index is 4.90. The van der Waals surface area contributed by atoms with Crippen LogP contribution in [0.4, 0.5) is 0 Å². The zero-order chi connectivity index (χ0) is 32.5. The van der Waals surface area contributed by atoms with E-state index in [1.165, 1.54) is 0 Å². The molecule has 0 radical (unpaired) electrons. The zero-order valence-corrected chi connectivity index (χ0v) is 31.7. The number of fused-ring (bicyclic) bond motifs is 6. The van der Waals surface area contributed by atoms with E-state index in [1.54, 1.807) is 4.68 Å². The molecule has 15 heteroatoms. The molecule has 2 aromatic carbocycles. The van der Waals surface area contributed by atoms with E-state index in [9.17, 15) is 0 Å². The molecule has 10 aromatic rings. The standard InChI is InChI=1S/C18H14N6.C17H13N7.2Pt/c1-21-10-11-23(12-21)15-5-3-4-13-14-6-8-24(17(14)20-16(13)15)18-19-7-9-22(18)2;1-21-8-9-23(11-21)14-5-3-4-12-13-6-7-24(16(13)20-15(12)14)17-18-10-19-22(17)2;;/h3-6,8-11H,1-2H3;3-9H,1-2H3;;/q2*-2;;. The maximum atomic E-state index is 4.90. The largest absolute Gasteiger partial charge is 0.472 e. The molecule has 0 spiro atoms. The maximum Gasteiger partial charge on any atom is 0.243 e. The minimum Gasteiger partial charge on any atom is -0.472 e. The van der Waals surface area contributed by atoms with Crippen molar-refractivity contribution in [3.63, 3.8) is 0 Å². The Morgan fingerprint density at radius 1 is 0.640 bits per heavy atom. The SMILES string of the molecule is Cn1c[c-]nc1-n1ccc2c3cccc(-n4[c-][n+](C)cc4)c3[n-]c21.Cn1n[c-]nc1-n1ccc2c3cccc(-n4[c-][n+](C)cc4)c3[n-]c21.[Pt].[Pt]. The van der Waals surface area contributed by atoms with Gasteiger partial charge in [-0.15, -0.1) is 6.20 Å². The molecule has 50 heavy (non-hydrogen) atoms. The minimum absolute atomic E-state index is 0. The Labute approximate surface area is 314 Å². The number of imidazole rings is 3.